The first-order chi connectivity index (χ1) is 12.0. The molecule has 0 bridgehead atoms. The number of hydrogen-bond donors (Lipinski definition) is 2. The molecule has 1 aliphatic rings. The third-order valence-electron chi connectivity index (χ3n) is 3.98. The van der Waals surface area contributed by atoms with E-state index in [4.69, 9.17) is 0 Å². The minimum absolute atomic E-state index is 0.0902. The van der Waals surface area contributed by atoms with Gasteiger partial charge in [-0.2, -0.15) is 0 Å². The molecule has 0 saturated carbocycles. The van der Waals surface area contributed by atoms with Crippen LogP contribution >= 0.6 is 0 Å². The van der Waals surface area contributed by atoms with Gasteiger partial charge in [0.25, 0.3) is 0 Å². The van der Waals surface area contributed by atoms with E-state index in [2.05, 4.69) is 10.6 Å². The van der Waals surface area contributed by atoms with Crippen molar-refractivity contribution in [1.82, 2.24) is 5.32 Å². The molecule has 7 heteroatoms. The Labute approximate surface area is 143 Å². The summed E-state index contributed by atoms with van der Waals surface area (Å²) < 4.78 is 13.1. The van der Waals surface area contributed by atoms with E-state index in [1.165, 1.54) is 12.1 Å². The van der Waals surface area contributed by atoms with Gasteiger partial charge < -0.3 is 10.6 Å². The van der Waals surface area contributed by atoms with Crippen molar-refractivity contribution < 1.29 is 18.8 Å². The molecular formula is C18H16FN3O3. The second-order valence-corrected chi connectivity index (χ2v) is 5.69. The first-order valence-electron chi connectivity index (χ1n) is 7.71. The van der Waals surface area contributed by atoms with Crippen molar-refractivity contribution in [3.05, 3.63) is 59.9 Å². The molecule has 25 heavy (non-hydrogen) atoms. The molecule has 1 unspecified atom stereocenters. The Kier molecular flexibility index (Phi) is 4.47. The van der Waals surface area contributed by atoms with Crippen LogP contribution in [0.5, 0.6) is 0 Å². The maximum atomic E-state index is 13.1. The number of halogens is 1. The van der Waals surface area contributed by atoms with Gasteiger partial charge in [-0.25, -0.2) is 14.1 Å². The standard InChI is InChI=1S/C18H16FN3O3/c1-11-4-2-3-5-15(11)21-16(23)14-10-20-18(25)22(17(14)24)13-8-6-12(19)7-9-13/h2-9,14H,10H2,1H3,(H,20,25)(H,21,23). The number of amides is 4. The average Bonchev–Trinajstić information content (AvgIpc) is 2.58. The molecule has 2 N–H and O–H groups in total. The molecule has 0 radical (unpaired) electrons. The zero-order valence-electron chi connectivity index (χ0n) is 13.5. The van der Waals surface area contributed by atoms with Crippen LogP contribution in [0.4, 0.5) is 20.6 Å². The van der Waals surface area contributed by atoms with Crippen LogP contribution in [0.2, 0.25) is 0 Å². The number of nitrogens with zero attached hydrogens (tertiary/aromatic N) is 1. The molecule has 6 nitrogen and oxygen atoms in total. The number of anilines is 2. The highest BCUT2D eigenvalue weighted by molar-refractivity contribution is 6.23. The van der Waals surface area contributed by atoms with Crippen LogP contribution in [0.3, 0.4) is 0 Å². The van der Waals surface area contributed by atoms with Crippen molar-refractivity contribution in [3.63, 3.8) is 0 Å². The van der Waals surface area contributed by atoms with Gasteiger partial charge in [0.05, 0.1) is 5.69 Å². The predicted octanol–water partition coefficient (Wildman–Crippen LogP) is 2.45. The zero-order valence-corrected chi connectivity index (χ0v) is 13.5. The molecule has 2 aromatic rings. The van der Waals surface area contributed by atoms with Crippen LogP contribution < -0.4 is 15.5 Å². The molecule has 1 aliphatic heterocycles. The number of benzene rings is 2. The number of urea groups is 1. The van der Waals surface area contributed by atoms with Crippen molar-refractivity contribution in [2.45, 2.75) is 6.92 Å². The smallest absolute Gasteiger partial charge is 0.328 e. The lowest BCUT2D eigenvalue weighted by Gasteiger charge is -2.30. The molecule has 3 rings (SSSR count). The number of carbonyl (C=O) groups is 3. The van der Waals surface area contributed by atoms with Gasteiger partial charge in [0.1, 0.15) is 11.7 Å². The summed E-state index contributed by atoms with van der Waals surface area (Å²) in [6.07, 6.45) is 0. The largest absolute Gasteiger partial charge is 0.336 e. The lowest BCUT2D eigenvalue weighted by atomic mass is 10.0. The Morgan fingerprint density at radius 1 is 1.16 bits per heavy atom. The van der Waals surface area contributed by atoms with Gasteiger partial charge in [0.2, 0.25) is 11.8 Å². The summed E-state index contributed by atoms with van der Waals surface area (Å²) in [7, 11) is 0. The molecule has 0 aromatic heterocycles. The van der Waals surface area contributed by atoms with Crippen LogP contribution in [-0.4, -0.2) is 24.4 Å². The van der Waals surface area contributed by atoms with E-state index < -0.39 is 29.6 Å². The molecule has 1 heterocycles. The number of hydrogen-bond acceptors (Lipinski definition) is 3. The first-order valence-corrected chi connectivity index (χ1v) is 7.71. The zero-order chi connectivity index (χ0) is 18.0. The highest BCUT2D eigenvalue weighted by atomic mass is 19.1. The second-order valence-electron chi connectivity index (χ2n) is 5.69. The molecule has 2 aromatic carbocycles. The fraction of sp³-hybridized carbons (Fsp3) is 0.167. The summed E-state index contributed by atoms with van der Waals surface area (Å²) in [4.78, 5) is 38.0. The van der Waals surface area contributed by atoms with Gasteiger partial charge in [-0.15, -0.1) is 0 Å². The van der Waals surface area contributed by atoms with E-state index in [1.54, 1.807) is 12.1 Å². The average molecular weight is 341 g/mol. The molecule has 1 saturated heterocycles. The third kappa shape index (κ3) is 3.35. The minimum atomic E-state index is -1.07. The maximum Gasteiger partial charge on any atom is 0.328 e. The van der Waals surface area contributed by atoms with E-state index in [0.717, 1.165) is 22.6 Å². The van der Waals surface area contributed by atoms with E-state index in [9.17, 15) is 18.8 Å². The van der Waals surface area contributed by atoms with Crippen LogP contribution in [0.1, 0.15) is 5.56 Å². The van der Waals surface area contributed by atoms with Gasteiger partial charge in [0.15, 0.2) is 0 Å². The number of nitrogens with one attached hydrogen (secondary N) is 2. The Bertz CT molecular complexity index is 836. The fourth-order valence-corrected chi connectivity index (χ4v) is 2.58. The number of imide groups is 1. The number of aryl methyl sites for hydroxylation is 1. The number of para-hydroxylation sites is 1. The molecular weight excluding hydrogens is 325 g/mol. The highest BCUT2D eigenvalue weighted by Gasteiger charge is 2.39. The summed E-state index contributed by atoms with van der Waals surface area (Å²) in [6.45, 7) is 1.75. The predicted molar refractivity (Wildman–Crippen MR) is 90.6 cm³/mol. The Balaban J connectivity index is 1.82. The van der Waals surface area contributed by atoms with Crippen LogP contribution in [-0.2, 0) is 9.59 Å². The molecule has 1 fully saturated rings. The molecule has 4 amide bonds. The van der Waals surface area contributed by atoms with Crippen molar-refractivity contribution in [1.29, 1.82) is 0 Å². The van der Waals surface area contributed by atoms with Crippen LogP contribution in [0.25, 0.3) is 0 Å². The molecule has 1 atom stereocenters. The lowest BCUT2D eigenvalue weighted by molar-refractivity contribution is -0.130. The van der Waals surface area contributed by atoms with Gasteiger partial charge in [-0.1, -0.05) is 18.2 Å². The Morgan fingerprint density at radius 3 is 2.52 bits per heavy atom. The monoisotopic (exact) mass is 341 g/mol. The van der Waals surface area contributed by atoms with Gasteiger partial charge in [0, 0.05) is 12.2 Å². The van der Waals surface area contributed by atoms with Gasteiger partial charge in [-0.05, 0) is 42.8 Å². The van der Waals surface area contributed by atoms with Crippen LogP contribution in [0, 0.1) is 18.7 Å². The third-order valence-corrected chi connectivity index (χ3v) is 3.98. The summed E-state index contributed by atoms with van der Waals surface area (Å²) >= 11 is 0. The van der Waals surface area contributed by atoms with Crippen molar-refractivity contribution in [3.8, 4) is 0 Å². The van der Waals surface area contributed by atoms with Gasteiger partial charge >= 0.3 is 6.03 Å². The summed E-state index contributed by atoms with van der Waals surface area (Å²) in [5, 5.41) is 5.23. The summed E-state index contributed by atoms with van der Waals surface area (Å²) in [5.74, 6) is -2.71. The highest BCUT2D eigenvalue weighted by Crippen LogP contribution is 2.22. The van der Waals surface area contributed by atoms with Gasteiger partial charge in [-0.3, -0.25) is 9.59 Å². The second kappa shape index (κ2) is 6.72. The minimum Gasteiger partial charge on any atom is -0.336 e. The first kappa shape index (κ1) is 16.6. The van der Waals surface area contributed by atoms with Crippen LogP contribution in [0.15, 0.2) is 48.5 Å². The summed E-state index contributed by atoms with van der Waals surface area (Å²) in [5.41, 5.74) is 1.67. The van der Waals surface area contributed by atoms with Crippen molar-refractivity contribution >= 4 is 29.2 Å². The lowest BCUT2D eigenvalue weighted by Crippen LogP contribution is -2.58. The fourth-order valence-electron chi connectivity index (χ4n) is 2.58. The quantitative estimate of drug-likeness (QED) is 0.842. The topological polar surface area (TPSA) is 78.5 Å². The number of rotatable bonds is 3. The van der Waals surface area contributed by atoms with E-state index in [1.807, 2.05) is 19.1 Å². The van der Waals surface area contributed by atoms with E-state index >= 15 is 0 Å². The SMILES string of the molecule is Cc1ccccc1NC(=O)C1CNC(=O)N(c2ccc(F)cc2)C1=O. The Morgan fingerprint density at radius 2 is 1.84 bits per heavy atom. The molecule has 128 valence electrons. The maximum absolute atomic E-state index is 13.1. The van der Waals surface area contributed by atoms with Crippen molar-refractivity contribution in [2.75, 3.05) is 16.8 Å². The summed E-state index contributed by atoms with van der Waals surface area (Å²) in [6, 6.07) is 11.5. The van der Waals surface area contributed by atoms with Crippen molar-refractivity contribution in [2.24, 2.45) is 5.92 Å². The van der Waals surface area contributed by atoms with E-state index in [-0.39, 0.29) is 12.2 Å². The Hall–Kier alpha value is -3.22. The molecule has 0 aliphatic carbocycles. The van der Waals surface area contributed by atoms with E-state index in [0.29, 0.717) is 5.69 Å². The normalized spacial score (nSPS) is 17.2. The molecule has 0 spiro atoms. The number of carbonyl (C=O) groups excluding carboxylic acids is 3.